The van der Waals surface area contributed by atoms with Crippen LogP contribution in [-0.2, 0) is 0 Å². The van der Waals surface area contributed by atoms with E-state index in [9.17, 15) is 9.18 Å². The van der Waals surface area contributed by atoms with Crippen molar-refractivity contribution < 1.29 is 9.18 Å². The molecular weight excluding hydrogens is 257 g/mol. The predicted octanol–water partition coefficient (Wildman–Crippen LogP) is 2.69. The van der Waals surface area contributed by atoms with Crippen LogP contribution >= 0.6 is 11.6 Å². The number of nitrogens with zero attached hydrogens (tertiary/aromatic N) is 1. The summed E-state index contributed by atoms with van der Waals surface area (Å²) in [5, 5.41) is 2.80. The van der Waals surface area contributed by atoms with Crippen molar-refractivity contribution in [3.63, 3.8) is 0 Å². The number of amides is 1. The van der Waals surface area contributed by atoms with Gasteiger partial charge in [-0.1, -0.05) is 11.6 Å². The standard InChI is InChI=1S/C12H11ClFN3O/c1-7(11-15-4-5-16-11)17-12(18)9-3-2-8(14)6-10(9)13/h2-7H,1H3,(H,15,16)(H,17,18). The number of carbonyl (C=O) groups excluding carboxylic acids is 1. The van der Waals surface area contributed by atoms with E-state index in [-0.39, 0.29) is 22.5 Å². The Morgan fingerprint density at radius 2 is 2.33 bits per heavy atom. The van der Waals surface area contributed by atoms with Crippen LogP contribution in [0.3, 0.4) is 0 Å². The maximum atomic E-state index is 12.9. The van der Waals surface area contributed by atoms with Crippen molar-refractivity contribution in [3.8, 4) is 0 Å². The highest BCUT2D eigenvalue weighted by Crippen LogP contribution is 2.18. The third-order valence-corrected chi connectivity index (χ3v) is 2.77. The molecule has 2 aromatic rings. The Bertz CT molecular complexity index is 556. The fraction of sp³-hybridized carbons (Fsp3) is 0.167. The Kier molecular flexibility index (Phi) is 3.62. The van der Waals surface area contributed by atoms with Gasteiger partial charge in [0.05, 0.1) is 16.6 Å². The van der Waals surface area contributed by atoms with Crippen molar-refractivity contribution in [2.45, 2.75) is 13.0 Å². The number of H-pyrrole nitrogens is 1. The Hall–Kier alpha value is -1.88. The minimum atomic E-state index is -0.476. The van der Waals surface area contributed by atoms with Crippen molar-refractivity contribution >= 4 is 17.5 Å². The average Bonchev–Trinajstić information content (AvgIpc) is 2.81. The summed E-state index contributed by atoms with van der Waals surface area (Å²) < 4.78 is 12.9. The predicted molar refractivity (Wildman–Crippen MR) is 65.9 cm³/mol. The summed E-state index contributed by atoms with van der Waals surface area (Å²) in [7, 11) is 0. The van der Waals surface area contributed by atoms with Gasteiger partial charge in [0.25, 0.3) is 5.91 Å². The molecule has 1 amide bonds. The molecule has 6 heteroatoms. The van der Waals surface area contributed by atoms with E-state index in [1.54, 1.807) is 19.3 Å². The summed E-state index contributed by atoms with van der Waals surface area (Å²) >= 11 is 5.81. The summed E-state index contributed by atoms with van der Waals surface area (Å²) in [6.07, 6.45) is 3.27. The number of rotatable bonds is 3. The Labute approximate surface area is 108 Å². The fourth-order valence-electron chi connectivity index (χ4n) is 1.53. The Morgan fingerprint density at radius 3 is 2.94 bits per heavy atom. The topological polar surface area (TPSA) is 57.8 Å². The SMILES string of the molecule is CC(NC(=O)c1ccc(F)cc1Cl)c1ncc[nH]1. The zero-order valence-corrected chi connectivity index (χ0v) is 10.3. The molecule has 2 rings (SSSR count). The van der Waals surface area contributed by atoms with Gasteiger partial charge in [0.2, 0.25) is 0 Å². The lowest BCUT2D eigenvalue weighted by molar-refractivity contribution is 0.0938. The first-order chi connectivity index (χ1) is 8.58. The van der Waals surface area contributed by atoms with Crippen LogP contribution in [0.15, 0.2) is 30.6 Å². The molecule has 18 heavy (non-hydrogen) atoms. The second-order valence-corrected chi connectivity index (χ2v) is 4.20. The fourth-order valence-corrected chi connectivity index (χ4v) is 1.78. The molecule has 0 radical (unpaired) electrons. The number of hydrogen-bond acceptors (Lipinski definition) is 2. The molecular formula is C12H11ClFN3O. The molecule has 1 atom stereocenters. The van der Waals surface area contributed by atoms with E-state index >= 15 is 0 Å². The van der Waals surface area contributed by atoms with Crippen LogP contribution in [0.1, 0.15) is 29.1 Å². The molecule has 1 aromatic carbocycles. The van der Waals surface area contributed by atoms with Gasteiger partial charge in [-0.25, -0.2) is 9.37 Å². The lowest BCUT2D eigenvalue weighted by atomic mass is 10.2. The first-order valence-electron chi connectivity index (χ1n) is 5.33. The smallest absolute Gasteiger partial charge is 0.253 e. The van der Waals surface area contributed by atoms with Crippen molar-refractivity contribution in [1.82, 2.24) is 15.3 Å². The lowest BCUT2D eigenvalue weighted by Gasteiger charge is -2.12. The summed E-state index contributed by atoms with van der Waals surface area (Å²) in [4.78, 5) is 18.9. The van der Waals surface area contributed by atoms with Crippen LogP contribution in [0.4, 0.5) is 4.39 Å². The number of imidazole rings is 1. The molecule has 0 aliphatic rings. The molecule has 0 fully saturated rings. The molecule has 0 aliphatic heterocycles. The average molecular weight is 268 g/mol. The van der Waals surface area contributed by atoms with Crippen LogP contribution in [0.5, 0.6) is 0 Å². The van der Waals surface area contributed by atoms with E-state index in [0.29, 0.717) is 5.82 Å². The van der Waals surface area contributed by atoms with Gasteiger partial charge < -0.3 is 10.3 Å². The number of carbonyl (C=O) groups is 1. The summed E-state index contributed by atoms with van der Waals surface area (Å²) in [6, 6.07) is 3.36. The first kappa shape index (κ1) is 12.6. The molecule has 0 saturated heterocycles. The second-order valence-electron chi connectivity index (χ2n) is 3.79. The van der Waals surface area contributed by atoms with E-state index in [1.807, 2.05) is 0 Å². The van der Waals surface area contributed by atoms with E-state index < -0.39 is 5.82 Å². The van der Waals surface area contributed by atoms with Gasteiger partial charge in [-0.05, 0) is 25.1 Å². The minimum Gasteiger partial charge on any atom is -0.347 e. The number of nitrogens with one attached hydrogen (secondary N) is 2. The second kappa shape index (κ2) is 5.18. The molecule has 0 aliphatic carbocycles. The third-order valence-electron chi connectivity index (χ3n) is 2.45. The van der Waals surface area contributed by atoms with Gasteiger partial charge in [-0.3, -0.25) is 4.79 Å². The van der Waals surface area contributed by atoms with Crippen LogP contribution in [0.2, 0.25) is 5.02 Å². The Morgan fingerprint density at radius 1 is 1.56 bits per heavy atom. The molecule has 0 bridgehead atoms. The summed E-state index contributed by atoms with van der Waals surface area (Å²) in [5.41, 5.74) is 0.233. The third kappa shape index (κ3) is 2.68. The van der Waals surface area contributed by atoms with Crippen molar-refractivity contribution in [2.24, 2.45) is 0 Å². The largest absolute Gasteiger partial charge is 0.347 e. The van der Waals surface area contributed by atoms with Crippen LogP contribution in [-0.4, -0.2) is 15.9 Å². The number of aromatic amines is 1. The molecule has 0 spiro atoms. The van der Waals surface area contributed by atoms with Gasteiger partial charge in [0, 0.05) is 12.4 Å². The normalized spacial score (nSPS) is 12.2. The monoisotopic (exact) mass is 267 g/mol. The van der Waals surface area contributed by atoms with Crippen molar-refractivity contribution in [2.75, 3.05) is 0 Å². The zero-order chi connectivity index (χ0) is 13.1. The van der Waals surface area contributed by atoms with Gasteiger partial charge in [-0.15, -0.1) is 0 Å². The molecule has 94 valence electrons. The number of halogens is 2. The number of aromatic nitrogens is 2. The van der Waals surface area contributed by atoms with Crippen molar-refractivity contribution in [1.29, 1.82) is 0 Å². The van der Waals surface area contributed by atoms with E-state index in [1.165, 1.54) is 12.1 Å². The molecule has 1 heterocycles. The molecule has 4 nitrogen and oxygen atoms in total. The quantitative estimate of drug-likeness (QED) is 0.898. The number of benzene rings is 1. The Balaban J connectivity index is 2.12. The van der Waals surface area contributed by atoms with E-state index in [0.717, 1.165) is 6.07 Å². The summed E-state index contributed by atoms with van der Waals surface area (Å²) in [6.45, 7) is 1.79. The lowest BCUT2D eigenvalue weighted by Crippen LogP contribution is -2.27. The van der Waals surface area contributed by atoms with Gasteiger partial charge in [0.1, 0.15) is 11.6 Å². The van der Waals surface area contributed by atoms with Gasteiger partial charge >= 0.3 is 0 Å². The van der Waals surface area contributed by atoms with E-state index in [4.69, 9.17) is 11.6 Å². The molecule has 0 saturated carbocycles. The van der Waals surface area contributed by atoms with Gasteiger partial charge in [0.15, 0.2) is 0 Å². The van der Waals surface area contributed by atoms with Crippen molar-refractivity contribution in [3.05, 3.63) is 52.8 Å². The highest BCUT2D eigenvalue weighted by atomic mass is 35.5. The zero-order valence-electron chi connectivity index (χ0n) is 9.58. The highest BCUT2D eigenvalue weighted by Gasteiger charge is 2.15. The molecule has 2 N–H and O–H groups in total. The van der Waals surface area contributed by atoms with Crippen LogP contribution in [0, 0.1) is 5.82 Å². The van der Waals surface area contributed by atoms with E-state index in [2.05, 4.69) is 15.3 Å². The summed E-state index contributed by atoms with van der Waals surface area (Å²) in [5.74, 6) is -0.207. The maximum absolute atomic E-state index is 12.9. The highest BCUT2D eigenvalue weighted by molar-refractivity contribution is 6.33. The van der Waals surface area contributed by atoms with Crippen LogP contribution < -0.4 is 5.32 Å². The maximum Gasteiger partial charge on any atom is 0.253 e. The van der Waals surface area contributed by atoms with Gasteiger partial charge in [-0.2, -0.15) is 0 Å². The first-order valence-corrected chi connectivity index (χ1v) is 5.71. The molecule has 1 unspecified atom stereocenters. The molecule has 1 aromatic heterocycles. The minimum absolute atomic E-state index is 0.0825. The number of hydrogen-bond donors (Lipinski definition) is 2. The van der Waals surface area contributed by atoms with Crippen LogP contribution in [0.25, 0.3) is 0 Å².